The van der Waals surface area contributed by atoms with E-state index in [0.717, 1.165) is 7.11 Å². The predicted molar refractivity (Wildman–Crippen MR) is 54.7 cm³/mol. The molecule has 2 atom stereocenters. The van der Waals surface area contributed by atoms with Gasteiger partial charge in [-0.1, -0.05) is 0 Å². The van der Waals surface area contributed by atoms with Crippen LogP contribution < -0.4 is 4.72 Å². The van der Waals surface area contributed by atoms with Crippen LogP contribution in [0.4, 0.5) is 0 Å². The van der Waals surface area contributed by atoms with Crippen LogP contribution in [-0.4, -0.2) is 44.5 Å². The molecule has 0 aliphatic rings. The zero-order valence-electron chi connectivity index (χ0n) is 9.06. The van der Waals surface area contributed by atoms with Crippen molar-refractivity contribution in [3.63, 3.8) is 0 Å². The van der Waals surface area contributed by atoms with Gasteiger partial charge in [-0.25, -0.2) is 13.1 Å². The number of methoxy groups -OCH3 is 1. The van der Waals surface area contributed by atoms with Crippen molar-refractivity contribution in [1.29, 1.82) is 0 Å². The minimum Gasteiger partial charge on any atom is -0.468 e. The van der Waals surface area contributed by atoms with Crippen LogP contribution in [0, 0.1) is 0 Å². The van der Waals surface area contributed by atoms with E-state index < -0.39 is 27.3 Å². The zero-order chi connectivity index (χ0) is 12.1. The van der Waals surface area contributed by atoms with Crippen molar-refractivity contribution in [2.75, 3.05) is 13.7 Å². The summed E-state index contributed by atoms with van der Waals surface area (Å²) in [7, 11) is -2.60. The third-order valence-corrected chi connectivity index (χ3v) is 3.78. The van der Waals surface area contributed by atoms with E-state index in [1.54, 1.807) is 6.92 Å². The number of hydrogen-bond donors (Lipinski definition) is 2. The third kappa shape index (κ3) is 4.59. The largest absolute Gasteiger partial charge is 0.468 e. The highest BCUT2D eigenvalue weighted by Gasteiger charge is 2.29. The van der Waals surface area contributed by atoms with E-state index in [0.29, 0.717) is 6.42 Å². The van der Waals surface area contributed by atoms with Gasteiger partial charge in [0, 0.05) is 12.6 Å². The molecule has 6 nitrogen and oxygen atoms in total. The molecule has 0 bridgehead atoms. The summed E-state index contributed by atoms with van der Waals surface area (Å²) in [5.41, 5.74) is 0. The van der Waals surface area contributed by atoms with Crippen LogP contribution in [0.3, 0.4) is 0 Å². The molecule has 0 saturated heterocycles. The highest BCUT2D eigenvalue weighted by atomic mass is 32.2. The van der Waals surface area contributed by atoms with E-state index >= 15 is 0 Å². The van der Waals surface area contributed by atoms with Gasteiger partial charge in [0.05, 0.1) is 7.11 Å². The molecule has 0 spiro atoms. The Kier molecular flexibility index (Phi) is 5.77. The molecule has 0 amide bonds. The fourth-order valence-corrected chi connectivity index (χ4v) is 2.16. The Morgan fingerprint density at radius 2 is 2.00 bits per heavy atom. The van der Waals surface area contributed by atoms with Gasteiger partial charge in [0.2, 0.25) is 10.0 Å². The summed E-state index contributed by atoms with van der Waals surface area (Å²) in [6, 6.07) is -0.410. The Morgan fingerprint density at radius 3 is 2.40 bits per heavy atom. The number of aliphatic hydroxyl groups is 1. The van der Waals surface area contributed by atoms with Crippen LogP contribution in [0.25, 0.3) is 0 Å². The molecule has 2 N–H and O–H groups in total. The van der Waals surface area contributed by atoms with Gasteiger partial charge in [-0.05, 0) is 20.3 Å². The standard InChI is InChI=1S/C8H17NO5S/c1-6(4-5-10)9-15(12,13)7(2)8(11)14-3/h6-7,9-10H,4-5H2,1-3H3. The van der Waals surface area contributed by atoms with Crippen molar-refractivity contribution in [2.24, 2.45) is 0 Å². The fraction of sp³-hybridized carbons (Fsp3) is 0.875. The highest BCUT2D eigenvalue weighted by molar-refractivity contribution is 7.90. The van der Waals surface area contributed by atoms with Gasteiger partial charge in [0.1, 0.15) is 0 Å². The van der Waals surface area contributed by atoms with Crippen molar-refractivity contribution in [2.45, 2.75) is 31.6 Å². The van der Waals surface area contributed by atoms with Gasteiger partial charge in [-0.3, -0.25) is 4.79 Å². The average Bonchev–Trinajstić information content (AvgIpc) is 2.15. The van der Waals surface area contributed by atoms with Crippen molar-refractivity contribution >= 4 is 16.0 Å². The SMILES string of the molecule is COC(=O)C(C)S(=O)(=O)NC(C)CCO. The second kappa shape index (κ2) is 6.04. The van der Waals surface area contributed by atoms with Crippen LogP contribution in [0.5, 0.6) is 0 Å². The maximum absolute atomic E-state index is 11.5. The number of carbonyl (C=O) groups is 1. The van der Waals surface area contributed by atoms with Crippen molar-refractivity contribution in [3.05, 3.63) is 0 Å². The Bertz CT molecular complexity index is 300. The Labute approximate surface area is 89.7 Å². The van der Waals surface area contributed by atoms with E-state index in [9.17, 15) is 13.2 Å². The lowest BCUT2D eigenvalue weighted by molar-refractivity contribution is -0.139. The van der Waals surface area contributed by atoms with E-state index in [2.05, 4.69) is 9.46 Å². The van der Waals surface area contributed by atoms with E-state index in [-0.39, 0.29) is 6.61 Å². The first-order valence-corrected chi connectivity index (χ1v) is 6.09. The number of rotatable bonds is 6. The second-order valence-electron chi connectivity index (χ2n) is 3.24. The van der Waals surface area contributed by atoms with Crippen LogP contribution in [0.15, 0.2) is 0 Å². The lowest BCUT2D eigenvalue weighted by atomic mass is 10.3. The van der Waals surface area contributed by atoms with Gasteiger partial charge in [0.25, 0.3) is 0 Å². The second-order valence-corrected chi connectivity index (χ2v) is 5.27. The van der Waals surface area contributed by atoms with Crippen LogP contribution in [0.1, 0.15) is 20.3 Å². The van der Waals surface area contributed by atoms with Gasteiger partial charge in [-0.15, -0.1) is 0 Å². The van der Waals surface area contributed by atoms with Gasteiger partial charge in [0.15, 0.2) is 5.25 Å². The first-order valence-electron chi connectivity index (χ1n) is 4.55. The number of sulfonamides is 1. The summed E-state index contributed by atoms with van der Waals surface area (Å²) in [4.78, 5) is 11.0. The molecule has 15 heavy (non-hydrogen) atoms. The molecule has 0 saturated carbocycles. The predicted octanol–water partition coefficient (Wildman–Crippen LogP) is -0.762. The highest BCUT2D eigenvalue weighted by Crippen LogP contribution is 2.03. The van der Waals surface area contributed by atoms with Crippen molar-refractivity contribution < 1.29 is 23.1 Å². The fourth-order valence-electron chi connectivity index (χ4n) is 0.928. The molecule has 0 aliphatic carbocycles. The van der Waals surface area contributed by atoms with Gasteiger partial charge >= 0.3 is 5.97 Å². The summed E-state index contributed by atoms with van der Waals surface area (Å²) in [5.74, 6) is -0.807. The Balaban J connectivity index is 4.48. The summed E-state index contributed by atoms with van der Waals surface area (Å²) in [6.45, 7) is 2.74. The lowest BCUT2D eigenvalue weighted by Crippen LogP contribution is -2.42. The van der Waals surface area contributed by atoms with Crippen molar-refractivity contribution in [1.82, 2.24) is 4.72 Å². The molecule has 90 valence electrons. The summed E-state index contributed by atoms with van der Waals surface area (Å²) in [6.07, 6.45) is 0.299. The molecule has 0 radical (unpaired) electrons. The Morgan fingerprint density at radius 1 is 1.47 bits per heavy atom. The van der Waals surface area contributed by atoms with E-state index in [1.165, 1.54) is 6.92 Å². The van der Waals surface area contributed by atoms with Crippen LogP contribution >= 0.6 is 0 Å². The molecular formula is C8H17NO5S. The summed E-state index contributed by atoms with van der Waals surface area (Å²) < 4.78 is 29.7. The number of esters is 1. The number of hydrogen-bond acceptors (Lipinski definition) is 5. The van der Waals surface area contributed by atoms with E-state index in [1.807, 2.05) is 0 Å². The number of nitrogens with one attached hydrogen (secondary N) is 1. The minimum absolute atomic E-state index is 0.115. The Hall–Kier alpha value is -0.660. The molecule has 0 aromatic carbocycles. The zero-order valence-corrected chi connectivity index (χ0v) is 9.87. The lowest BCUT2D eigenvalue weighted by Gasteiger charge is -2.16. The molecule has 2 unspecified atom stereocenters. The quantitative estimate of drug-likeness (QED) is 0.594. The number of ether oxygens (including phenoxy) is 1. The molecule has 0 aromatic rings. The topological polar surface area (TPSA) is 92.7 Å². The molecule has 0 aromatic heterocycles. The molecule has 0 aliphatic heterocycles. The first kappa shape index (κ1) is 14.3. The summed E-state index contributed by atoms with van der Waals surface area (Å²) in [5, 5.41) is 7.35. The molecular weight excluding hydrogens is 222 g/mol. The van der Waals surface area contributed by atoms with Crippen LogP contribution in [0.2, 0.25) is 0 Å². The third-order valence-electron chi connectivity index (χ3n) is 1.93. The minimum atomic E-state index is -3.73. The monoisotopic (exact) mass is 239 g/mol. The van der Waals surface area contributed by atoms with Crippen LogP contribution in [-0.2, 0) is 19.6 Å². The average molecular weight is 239 g/mol. The number of carbonyl (C=O) groups excluding carboxylic acids is 1. The smallest absolute Gasteiger partial charge is 0.325 e. The molecule has 0 heterocycles. The molecule has 0 fully saturated rings. The molecule has 0 rings (SSSR count). The van der Waals surface area contributed by atoms with Gasteiger partial charge < -0.3 is 9.84 Å². The number of aliphatic hydroxyl groups excluding tert-OH is 1. The van der Waals surface area contributed by atoms with Crippen molar-refractivity contribution in [3.8, 4) is 0 Å². The van der Waals surface area contributed by atoms with Gasteiger partial charge in [-0.2, -0.15) is 0 Å². The first-order chi connectivity index (χ1) is 6.85. The normalized spacial score (nSPS) is 15.7. The maximum Gasteiger partial charge on any atom is 0.325 e. The summed E-state index contributed by atoms with van der Waals surface area (Å²) >= 11 is 0. The van der Waals surface area contributed by atoms with E-state index in [4.69, 9.17) is 5.11 Å². The molecule has 7 heteroatoms. The maximum atomic E-state index is 11.5.